The molecule has 2 N–H and O–H groups in total. The first-order chi connectivity index (χ1) is 21.8. The number of para-hydroxylation sites is 1. The predicted octanol–water partition coefficient (Wildman–Crippen LogP) is 10.9. The van der Waals surface area contributed by atoms with Crippen molar-refractivity contribution in [1.82, 2.24) is 0 Å². The molecule has 2 nitrogen and oxygen atoms in total. The average molecular weight is 565 g/mol. The van der Waals surface area contributed by atoms with Gasteiger partial charge in [-0.3, -0.25) is 0 Å². The molecule has 210 valence electrons. The monoisotopic (exact) mass is 564 g/mol. The quantitative estimate of drug-likeness (QED) is 0.196. The van der Waals surface area contributed by atoms with Gasteiger partial charge in [-0.1, -0.05) is 133 Å². The van der Waals surface area contributed by atoms with Crippen molar-refractivity contribution >= 4 is 49.3 Å². The summed E-state index contributed by atoms with van der Waals surface area (Å²) in [6.45, 7) is 0. The van der Waals surface area contributed by atoms with E-state index < -0.39 is 5.54 Å². The number of fused-ring (bicyclic) bond motifs is 6. The number of rotatable bonds is 6. The average Bonchev–Trinajstić information content (AvgIpc) is 3.09. The Kier molecular flexibility index (Phi) is 6.46. The maximum absolute atomic E-state index is 4.07. The molecule has 7 aromatic carbocycles. The van der Waals surface area contributed by atoms with Crippen LogP contribution in [0.5, 0.6) is 0 Å². The minimum Gasteiger partial charge on any atom is -0.372 e. The Balaban J connectivity index is 1.31. The van der Waals surface area contributed by atoms with Crippen molar-refractivity contribution in [3.05, 3.63) is 187 Å². The highest BCUT2D eigenvalue weighted by atomic mass is 15.0. The molecule has 1 atom stereocenters. The molecule has 0 aromatic heterocycles. The van der Waals surface area contributed by atoms with Crippen LogP contribution < -0.4 is 10.6 Å². The highest BCUT2D eigenvalue weighted by Crippen LogP contribution is 2.43. The van der Waals surface area contributed by atoms with Crippen LogP contribution in [0.25, 0.3) is 37.9 Å². The summed E-state index contributed by atoms with van der Waals surface area (Å²) in [6.07, 6.45) is 5.47. The fourth-order valence-corrected chi connectivity index (χ4v) is 6.80. The maximum atomic E-state index is 4.07. The Bertz CT molecular complexity index is 2150. The molecule has 0 aliphatic heterocycles. The number of allylic oxidation sites excluding steroid dienone is 2. The van der Waals surface area contributed by atoms with Gasteiger partial charge in [0.2, 0.25) is 0 Å². The normalized spacial score (nSPS) is 16.5. The molecule has 1 unspecified atom stereocenters. The van der Waals surface area contributed by atoms with Crippen LogP contribution >= 0.6 is 0 Å². The van der Waals surface area contributed by atoms with E-state index in [-0.39, 0.29) is 0 Å². The van der Waals surface area contributed by atoms with E-state index in [0.29, 0.717) is 0 Å². The van der Waals surface area contributed by atoms with E-state index >= 15 is 0 Å². The van der Waals surface area contributed by atoms with Crippen LogP contribution in [0.2, 0.25) is 0 Å². The molecule has 0 fully saturated rings. The summed E-state index contributed by atoms with van der Waals surface area (Å²) >= 11 is 0. The predicted molar refractivity (Wildman–Crippen MR) is 188 cm³/mol. The van der Waals surface area contributed by atoms with E-state index in [1.807, 2.05) is 0 Å². The lowest BCUT2D eigenvalue weighted by atomic mass is 9.78. The van der Waals surface area contributed by atoms with Crippen LogP contribution in [0.1, 0.15) is 17.5 Å². The van der Waals surface area contributed by atoms with Gasteiger partial charge in [0.15, 0.2) is 0 Å². The van der Waals surface area contributed by atoms with Crippen molar-refractivity contribution in [3.8, 4) is 0 Å². The number of hydrogen-bond acceptors (Lipinski definition) is 2. The number of benzene rings is 7. The highest BCUT2D eigenvalue weighted by molar-refractivity contribution is 6.25. The van der Waals surface area contributed by atoms with Crippen LogP contribution in [-0.2, 0) is 5.54 Å². The van der Waals surface area contributed by atoms with Crippen LogP contribution in [-0.4, -0.2) is 0 Å². The van der Waals surface area contributed by atoms with Gasteiger partial charge in [-0.25, -0.2) is 0 Å². The minimum absolute atomic E-state index is 0.487. The Hall–Kier alpha value is -5.60. The molecule has 0 bridgehead atoms. The van der Waals surface area contributed by atoms with Crippen LogP contribution in [0, 0.1) is 0 Å². The Morgan fingerprint density at radius 3 is 1.61 bits per heavy atom. The zero-order chi connectivity index (χ0) is 29.3. The van der Waals surface area contributed by atoms with Crippen molar-refractivity contribution < 1.29 is 0 Å². The van der Waals surface area contributed by atoms with Gasteiger partial charge >= 0.3 is 0 Å². The largest absolute Gasteiger partial charge is 0.372 e. The molecule has 7 aromatic rings. The summed E-state index contributed by atoms with van der Waals surface area (Å²) in [5, 5.41) is 15.5. The molecule has 0 saturated carbocycles. The first-order valence-electron chi connectivity index (χ1n) is 15.2. The van der Waals surface area contributed by atoms with E-state index in [2.05, 4.69) is 181 Å². The van der Waals surface area contributed by atoms with Gasteiger partial charge in [0.1, 0.15) is 0 Å². The van der Waals surface area contributed by atoms with Crippen molar-refractivity contribution in [3.63, 3.8) is 0 Å². The molecule has 0 spiro atoms. The second-order valence-electron chi connectivity index (χ2n) is 11.6. The molecular weight excluding hydrogens is 532 g/mol. The Morgan fingerprint density at radius 2 is 0.977 bits per heavy atom. The van der Waals surface area contributed by atoms with Crippen molar-refractivity contribution in [2.75, 3.05) is 10.6 Å². The molecule has 1 aliphatic rings. The third-order valence-corrected chi connectivity index (χ3v) is 8.79. The van der Waals surface area contributed by atoms with Crippen molar-refractivity contribution in [1.29, 1.82) is 0 Å². The molecule has 0 heterocycles. The summed E-state index contributed by atoms with van der Waals surface area (Å²) in [6, 6.07) is 56.4. The number of anilines is 2. The smallest absolute Gasteiger partial charge is 0.0873 e. The third kappa shape index (κ3) is 4.71. The third-order valence-electron chi connectivity index (χ3n) is 8.79. The van der Waals surface area contributed by atoms with Crippen LogP contribution in [0.3, 0.4) is 0 Å². The van der Waals surface area contributed by atoms with Gasteiger partial charge in [0, 0.05) is 23.5 Å². The van der Waals surface area contributed by atoms with Gasteiger partial charge in [-0.15, -0.1) is 0 Å². The lowest BCUT2D eigenvalue weighted by molar-refractivity contribution is 0.603. The molecular formula is C42H32N2. The summed E-state index contributed by atoms with van der Waals surface area (Å²) in [4.78, 5) is 0. The van der Waals surface area contributed by atoms with E-state index in [0.717, 1.165) is 23.5 Å². The maximum Gasteiger partial charge on any atom is 0.0873 e. The highest BCUT2D eigenvalue weighted by Gasteiger charge is 2.34. The Labute approximate surface area is 258 Å². The SMILES string of the molecule is C1=C(Nc2ccccc2)CC(Nc2ccc3c4ccccc4c4ccccc4c3c2)(c2ccccc2)C=C1c1ccccc1. The van der Waals surface area contributed by atoms with Gasteiger partial charge in [0.05, 0.1) is 5.54 Å². The van der Waals surface area contributed by atoms with Crippen LogP contribution in [0.15, 0.2) is 176 Å². The van der Waals surface area contributed by atoms with E-state index in [1.54, 1.807) is 0 Å². The van der Waals surface area contributed by atoms with Gasteiger partial charge in [-0.2, -0.15) is 0 Å². The fraction of sp³-hybridized carbons (Fsp3) is 0.0476. The number of nitrogens with one attached hydrogen (secondary N) is 2. The van der Waals surface area contributed by atoms with Crippen molar-refractivity contribution in [2.24, 2.45) is 0 Å². The molecule has 0 radical (unpaired) electrons. The molecule has 2 heteroatoms. The Morgan fingerprint density at radius 1 is 0.455 bits per heavy atom. The van der Waals surface area contributed by atoms with Gasteiger partial charge in [0.25, 0.3) is 0 Å². The summed E-state index contributed by atoms with van der Waals surface area (Å²) in [5.74, 6) is 0. The van der Waals surface area contributed by atoms with Gasteiger partial charge < -0.3 is 10.6 Å². The molecule has 1 aliphatic carbocycles. The summed E-state index contributed by atoms with van der Waals surface area (Å²) in [7, 11) is 0. The summed E-state index contributed by atoms with van der Waals surface area (Å²) in [5.41, 5.74) is 6.44. The zero-order valence-electron chi connectivity index (χ0n) is 24.4. The topological polar surface area (TPSA) is 24.1 Å². The fourth-order valence-electron chi connectivity index (χ4n) is 6.80. The minimum atomic E-state index is -0.487. The van der Waals surface area contributed by atoms with Gasteiger partial charge in [-0.05, 0) is 85.4 Å². The molecule has 8 rings (SSSR count). The lowest BCUT2D eigenvalue weighted by Crippen LogP contribution is -2.36. The lowest BCUT2D eigenvalue weighted by Gasteiger charge is -2.38. The van der Waals surface area contributed by atoms with Crippen molar-refractivity contribution in [2.45, 2.75) is 12.0 Å². The van der Waals surface area contributed by atoms with E-state index in [4.69, 9.17) is 0 Å². The summed E-state index contributed by atoms with van der Waals surface area (Å²) < 4.78 is 0. The number of hydrogen-bond donors (Lipinski definition) is 2. The zero-order valence-corrected chi connectivity index (χ0v) is 24.4. The standard InChI is InChI=1S/C42H32N2/c1-4-14-30(15-5-1)31-26-35(43-33-18-8-3-9-19-33)29-42(28-31,32-16-6-2-7-17-32)44-34-24-25-40-38-22-11-10-20-36(38)37-21-12-13-23-39(37)41(40)27-34/h1-28,43-44H,29H2. The second-order valence-corrected chi connectivity index (χ2v) is 11.6. The molecule has 0 saturated heterocycles. The first kappa shape index (κ1) is 26.1. The van der Waals surface area contributed by atoms with Crippen LogP contribution in [0.4, 0.5) is 11.4 Å². The first-order valence-corrected chi connectivity index (χ1v) is 15.2. The van der Waals surface area contributed by atoms with E-state index in [9.17, 15) is 0 Å². The second kappa shape index (κ2) is 10.9. The molecule has 0 amide bonds. The molecule has 44 heavy (non-hydrogen) atoms. The van der Waals surface area contributed by atoms with E-state index in [1.165, 1.54) is 49.0 Å².